The van der Waals surface area contributed by atoms with Crippen LogP contribution in [0.2, 0.25) is 0 Å². The molecule has 0 saturated carbocycles. The number of nitrogens with two attached hydrogens (primary N) is 1. The highest BCUT2D eigenvalue weighted by atomic mass is 32.2. The molecule has 160 valence electrons. The lowest BCUT2D eigenvalue weighted by atomic mass is 10.1. The van der Waals surface area contributed by atoms with Crippen molar-refractivity contribution >= 4 is 51.3 Å². The molecule has 4 aromatic rings. The van der Waals surface area contributed by atoms with Gasteiger partial charge in [-0.05, 0) is 41.8 Å². The van der Waals surface area contributed by atoms with Crippen LogP contribution in [0.4, 0.5) is 28.4 Å². The summed E-state index contributed by atoms with van der Waals surface area (Å²) < 4.78 is 4.55. The lowest BCUT2D eigenvalue weighted by molar-refractivity contribution is -0.432. The molecule has 0 aromatic heterocycles. The van der Waals surface area contributed by atoms with Crippen LogP contribution in [0, 0.1) is 0 Å². The predicted molar refractivity (Wildman–Crippen MR) is 122 cm³/mol. The summed E-state index contributed by atoms with van der Waals surface area (Å²) in [6, 6.07) is 23.3. The molecule has 0 radical (unpaired) electrons. The fraction of sp³-hybridized carbons (Fsp3) is 0. The number of anilines is 1. The Labute approximate surface area is 186 Å². The molecule has 4 aromatic carbocycles. The number of benzene rings is 4. The number of phenolic OH excluding ortho intramolecular Hbond substituents is 1. The minimum absolute atomic E-state index is 0.0900. The standard InChI is InChI=1S/C22H17N5O4S/c23-20-17(26-24-15-7-3-1-4-8-15)12-11-14-13-18(32-31-30-29)21(22(28)19(14)20)27-25-16-9-5-2-6-10-16/h1-13,28-29H,23H2. The summed E-state index contributed by atoms with van der Waals surface area (Å²) in [6.45, 7) is 0. The minimum atomic E-state index is -0.222. The molecule has 4 rings (SSSR count). The van der Waals surface area contributed by atoms with Gasteiger partial charge in [-0.25, -0.2) is 5.26 Å². The van der Waals surface area contributed by atoms with E-state index in [0.29, 0.717) is 44.8 Å². The van der Waals surface area contributed by atoms with Gasteiger partial charge in [-0.2, -0.15) is 10.2 Å². The smallest absolute Gasteiger partial charge is 0.154 e. The highest BCUT2D eigenvalue weighted by Crippen LogP contribution is 2.47. The number of nitrogen functional groups attached to an aromatic ring is 1. The van der Waals surface area contributed by atoms with Crippen molar-refractivity contribution in [1.29, 1.82) is 0 Å². The van der Waals surface area contributed by atoms with Gasteiger partial charge in [-0.15, -0.1) is 14.6 Å². The molecule has 32 heavy (non-hydrogen) atoms. The van der Waals surface area contributed by atoms with Gasteiger partial charge >= 0.3 is 0 Å². The summed E-state index contributed by atoms with van der Waals surface area (Å²) >= 11 is 0.660. The Morgan fingerprint density at radius 3 is 2.03 bits per heavy atom. The lowest BCUT2D eigenvalue weighted by Crippen LogP contribution is -1.90. The first-order valence-electron chi connectivity index (χ1n) is 9.34. The van der Waals surface area contributed by atoms with Crippen molar-refractivity contribution in [3.63, 3.8) is 0 Å². The quantitative estimate of drug-likeness (QED) is 0.0889. The highest BCUT2D eigenvalue weighted by molar-refractivity contribution is 7.94. The Hall–Kier alpha value is -3.83. The zero-order valence-electron chi connectivity index (χ0n) is 16.5. The molecule has 0 saturated heterocycles. The summed E-state index contributed by atoms with van der Waals surface area (Å²) in [5.41, 5.74) is 8.28. The third-order valence-electron chi connectivity index (χ3n) is 4.44. The van der Waals surface area contributed by atoms with Crippen molar-refractivity contribution in [3.05, 3.63) is 78.9 Å². The SMILES string of the molecule is Nc1c(N=Nc2ccccc2)ccc2cc(SOOO)c(N=Nc3ccccc3)c(O)c12. The van der Waals surface area contributed by atoms with Crippen LogP contribution >= 0.6 is 12.0 Å². The fourth-order valence-electron chi connectivity index (χ4n) is 2.96. The largest absolute Gasteiger partial charge is 0.505 e. The van der Waals surface area contributed by atoms with Gasteiger partial charge in [0.1, 0.15) is 11.4 Å². The van der Waals surface area contributed by atoms with E-state index in [4.69, 9.17) is 11.0 Å². The van der Waals surface area contributed by atoms with Crippen LogP contribution in [0.1, 0.15) is 0 Å². The number of azo groups is 2. The molecule has 4 N–H and O–H groups in total. The molecule has 0 atom stereocenters. The molecular weight excluding hydrogens is 430 g/mol. The van der Waals surface area contributed by atoms with Gasteiger partial charge in [0, 0.05) is 0 Å². The average Bonchev–Trinajstić information content (AvgIpc) is 2.83. The van der Waals surface area contributed by atoms with Crippen molar-refractivity contribution in [1.82, 2.24) is 0 Å². The summed E-state index contributed by atoms with van der Waals surface area (Å²) in [4.78, 5) is 0.349. The first-order chi connectivity index (χ1) is 15.7. The normalized spacial score (nSPS) is 11.7. The number of rotatable bonds is 7. The van der Waals surface area contributed by atoms with Gasteiger partial charge in [0.25, 0.3) is 0 Å². The Kier molecular flexibility index (Phi) is 6.68. The third-order valence-corrected chi connectivity index (χ3v) is 5.06. The molecule has 0 heterocycles. The van der Waals surface area contributed by atoms with Gasteiger partial charge < -0.3 is 10.8 Å². The number of fused-ring (bicyclic) bond motifs is 1. The molecular formula is C22H17N5O4S. The van der Waals surface area contributed by atoms with Crippen LogP contribution in [0.25, 0.3) is 10.8 Å². The Morgan fingerprint density at radius 2 is 1.41 bits per heavy atom. The summed E-state index contributed by atoms with van der Waals surface area (Å²) in [5.74, 6) is -0.222. The van der Waals surface area contributed by atoms with E-state index in [-0.39, 0.29) is 17.1 Å². The van der Waals surface area contributed by atoms with Crippen molar-refractivity contribution in [2.45, 2.75) is 4.90 Å². The summed E-state index contributed by atoms with van der Waals surface area (Å²) in [7, 11) is 0. The molecule has 0 aliphatic rings. The predicted octanol–water partition coefficient (Wildman–Crippen LogP) is 7.39. The van der Waals surface area contributed by atoms with E-state index in [1.54, 1.807) is 30.3 Å². The zero-order valence-corrected chi connectivity index (χ0v) is 17.3. The van der Waals surface area contributed by atoms with Crippen LogP contribution in [0.3, 0.4) is 0 Å². The van der Waals surface area contributed by atoms with E-state index >= 15 is 0 Å². The second-order valence-corrected chi connectivity index (χ2v) is 7.21. The topological polar surface area (TPSA) is 134 Å². The molecule has 0 bridgehead atoms. The first-order valence-corrected chi connectivity index (χ1v) is 10.1. The Balaban J connectivity index is 1.81. The number of aromatic hydroxyl groups is 1. The third kappa shape index (κ3) is 4.74. The van der Waals surface area contributed by atoms with Crippen LogP contribution in [-0.4, -0.2) is 10.4 Å². The van der Waals surface area contributed by atoms with Gasteiger partial charge in [0.2, 0.25) is 0 Å². The van der Waals surface area contributed by atoms with Gasteiger partial charge in [-0.1, -0.05) is 47.5 Å². The van der Waals surface area contributed by atoms with E-state index in [1.165, 1.54) is 0 Å². The summed E-state index contributed by atoms with van der Waals surface area (Å²) in [6.07, 6.45) is 0. The van der Waals surface area contributed by atoms with E-state index in [1.807, 2.05) is 48.5 Å². The minimum Gasteiger partial charge on any atom is -0.505 e. The fourth-order valence-corrected chi connectivity index (χ4v) is 3.46. The monoisotopic (exact) mass is 447 g/mol. The van der Waals surface area contributed by atoms with E-state index in [2.05, 4.69) is 29.8 Å². The van der Waals surface area contributed by atoms with Crippen LogP contribution in [-0.2, 0) is 9.37 Å². The molecule has 0 fully saturated rings. The molecule has 9 nitrogen and oxygen atoms in total. The molecule has 0 aliphatic carbocycles. The Bertz CT molecular complexity index is 1280. The number of hydrogen-bond donors (Lipinski definition) is 3. The molecule has 0 amide bonds. The maximum atomic E-state index is 11.0. The lowest BCUT2D eigenvalue weighted by Gasteiger charge is -2.12. The van der Waals surface area contributed by atoms with Crippen LogP contribution in [0.15, 0.2) is 104 Å². The van der Waals surface area contributed by atoms with Crippen LogP contribution < -0.4 is 5.73 Å². The number of hydrogen-bond acceptors (Lipinski definition) is 10. The zero-order chi connectivity index (χ0) is 22.3. The second kappa shape index (κ2) is 9.98. The summed E-state index contributed by atoms with van der Waals surface area (Å²) in [5, 5.41) is 40.9. The number of nitrogens with zero attached hydrogens (tertiary/aromatic N) is 4. The van der Waals surface area contributed by atoms with Crippen molar-refractivity contribution in [2.24, 2.45) is 20.5 Å². The molecule has 10 heteroatoms. The second-order valence-electron chi connectivity index (χ2n) is 6.47. The molecule has 0 unspecified atom stereocenters. The Morgan fingerprint density at radius 1 is 0.781 bits per heavy atom. The highest BCUT2D eigenvalue weighted by Gasteiger charge is 2.18. The van der Waals surface area contributed by atoms with E-state index in [9.17, 15) is 5.11 Å². The van der Waals surface area contributed by atoms with Crippen molar-refractivity contribution < 1.29 is 19.7 Å². The van der Waals surface area contributed by atoms with Gasteiger partial charge in [0.15, 0.2) is 5.75 Å². The van der Waals surface area contributed by atoms with E-state index in [0.717, 1.165) is 0 Å². The molecule has 0 aliphatic heterocycles. The van der Waals surface area contributed by atoms with Crippen molar-refractivity contribution in [2.75, 3.05) is 5.73 Å². The van der Waals surface area contributed by atoms with Gasteiger partial charge in [-0.3, -0.25) is 0 Å². The molecule has 0 spiro atoms. The van der Waals surface area contributed by atoms with E-state index < -0.39 is 0 Å². The maximum Gasteiger partial charge on any atom is 0.154 e. The first kappa shape index (κ1) is 21.4. The average molecular weight is 447 g/mol. The van der Waals surface area contributed by atoms with Crippen LogP contribution in [0.5, 0.6) is 5.75 Å². The number of phenols is 1. The van der Waals surface area contributed by atoms with Gasteiger partial charge in [0.05, 0.1) is 39.4 Å². The maximum absolute atomic E-state index is 11.0. The van der Waals surface area contributed by atoms with Crippen molar-refractivity contribution in [3.8, 4) is 5.75 Å².